The van der Waals surface area contributed by atoms with Crippen LogP contribution in [0.4, 0.5) is 11.4 Å². The third-order valence-electron chi connectivity index (χ3n) is 2.71. The number of aromatic carboxylic acids is 1. The standard InChI is InChI=1S/C14H14N2O2/c15-11-3-1-2-9(7-11)6-10-4-5-13(16)12(8-10)14(17)18/h1-5,7-8H,6,15-16H2,(H,17,18). The molecule has 4 nitrogen and oxygen atoms in total. The molecule has 5 N–H and O–H groups in total. The number of nitrogen functional groups attached to an aromatic ring is 2. The van der Waals surface area contributed by atoms with Gasteiger partial charge in [-0.3, -0.25) is 0 Å². The van der Waals surface area contributed by atoms with Crippen LogP contribution >= 0.6 is 0 Å². The number of hydrogen-bond acceptors (Lipinski definition) is 3. The van der Waals surface area contributed by atoms with Crippen molar-refractivity contribution in [3.63, 3.8) is 0 Å². The van der Waals surface area contributed by atoms with Crippen LogP contribution in [-0.2, 0) is 6.42 Å². The van der Waals surface area contributed by atoms with Gasteiger partial charge in [-0.05, 0) is 41.8 Å². The van der Waals surface area contributed by atoms with Crippen molar-refractivity contribution >= 4 is 17.3 Å². The molecule has 0 aliphatic heterocycles. The van der Waals surface area contributed by atoms with Gasteiger partial charge in [0.2, 0.25) is 0 Å². The topological polar surface area (TPSA) is 89.3 Å². The van der Waals surface area contributed by atoms with E-state index in [9.17, 15) is 4.79 Å². The second-order valence-electron chi connectivity index (χ2n) is 4.15. The molecule has 4 heteroatoms. The molecule has 0 aliphatic rings. The van der Waals surface area contributed by atoms with Crippen LogP contribution in [0.5, 0.6) is 0 Å². The van der Waals surface area contributed by atoms with Crippen molar-refractivity contribution in [2.45, 2.75) is 6.42 Å². The summed E-state index contributed by atoms with van der Waals surface area (Å²) in [6.45, 7) is 0. The van der Waals surface area contributed by atoms with Crippen LogP contribution in [0.1, 0.15) is 21.5 Å². The van der Waals surface area contributed by atoms with Crippen molar-refractivity contribution in [1.82, 2.24) is 0 Å². The molecule has 2 aromatic carbocycles. The number of rotatable bonds is 3. The zero-order valence-electron chi connectivity index (χ0n) is 9.76. The van der Waals surface area contributed by atoms with Gasteiger partial charge in [-0.1, -0.05) is 18.2 Å². The Hall–Kier alpha value is -2.49. The maximum absolute atomic E-state index is 11.0. The first-order chi connectivity index (χ1) is 8.56. The number of carboxylic acids is 1. The van der Waals surface area contributed by atoms with E-state index in [0.29, 0.717) is 12.1 Å². The molecule has 0 radical (unpaired) electrons. The molecule has 18 heavy (non-hydrogen) atoms. The van der Waals surface area contributed by atoms with E-state index in [4.69, 9.17) is 16.6 Å². The highest BCUT2D eigenvalue weighted by atomic mass is 16.4. The van der Waals surface area contributed by atoms with Gasteiger partial charge in [0, 0.05) is 11.4 Å². The Labute approximate surface area is 105 Å². The molecule has 2 aromatic rings. The van der Waals surface area contributed by atoms with Crippen molar-refractivity contribution < 1.29 is 9.90 Å². The van der Waals surface area contributed by atoms with Crippen molar-refractivity contribution in [2.75, 3.05) is 11.5 Å². The van der Waals surface area contributed by atoms with E-state index in [0.717, 1.165) is 11.1 Å². The Morgan fingerprint density at radius 2 is 1.78 bits per heavy atom. The minimum Gasteiger partial charge on any atom is -0.478 e. The lowest BCUT2D eigenvalue weighted by Gasteiger charge is -2.06. The Kier molecular flexibility index (Phi) is 3.19. The molecule has 2 rings (SSSR count). The second kappa shape index (κ2) is 4.79. The van der Waals surface area contributed by atoms with Gasteiger partial charge in [0.15, 0.2) is 0 Å². The fraction of sp³-hybridized carbons (Fsp3) is 0.0714. The summed E-state index contributed by atoms with van der Waals surface area (Å²) in [6.07, 6.45) is 0.631. The van der Waals surface area contributed by atoms with E-state index in [1.54, 1.807) is 12.1 Å². The van der Waals surface area contributed by atoms with Crippen molar-refractivity contribution in [1.29, 1.82) is 0 Å². The maximum atomic E-state index is 11.0. The Morgan fingerprint density at radius 3 is 2.44 bits per heavy atom. The van der Waals surface area contributed by atoms with Crippen LogP contribution in [0, 0.1) is 0 Å². The minimum atomic E-state index is -1.01. The largest absolute Gasteiger partial charge is 0.478 e. The van der Waals surface area contributed by atoms with Crippen molar-refractivity contribution in [2.24, 2.45) is 0 Å². The van der Waals surface area contributed by atoms with E-state index in [1.165, 1.54) is 0 Å². The van der Waals surface area contributed by atoms with Crippen LogP contribution in [0.3, 0.4) is 0 Å². The van der Waals surface area contributed by atoms with Crippen molar-refractivity contribution in [3.8, 4) is 0 Å². The summed E-state index contributed by atoms with van der Waals surface area (Å²) in [7, 11) is 0. The molecule has 0 amide bonds. The lowest BCUT2D eigenvalue weighted by molar-refractivity contribution is 0.0698. The van der Waals surface area contributed by atoms with Crippen molar-refractivity contribution in [3.05, 3.63) is 59.2 Å². The number of carboxylic acid groups (broad SMARTS) is 1. The second-order valence-corrected chi connectivity index (χ2v) is 4.15. The van der Waals surface area contributed by atoms with Gasteiger partial charge in [0.1, 0.15) is 0 Å². The van der Waals surface area contributed by atoms with E-state index in [2.05, 4.69) is 0 Å². The smallest absolute Gasteiger partial charge is 0.337 e. The molecule has 0 atom stereocenters. The molecule has 0 aliphatic carbocycles. The van der Waals surface area contributed by atoms with Gasteiger partial charge < -0.3 is 16.6 Å². The Balaban J connectivity index is 2.30. The van der Waals surface area contributed by atoms with Gasteiger partial charge >= 0.3 is 5.97 Å². The molecule has 0 spiro atoms. The van der Waals surface area contributed by atoms with Crippen LogP contribution in [-0.4, -0.2) is 11.1 Å². The first kappa shape index (κ1) is 12.0. The summed E-state index contributed by atoms with van der Waals surface area (Å²) in [5, 5.41) is 9.00. The Bertz CT molecular complexity index is 594. The summed E-state index contributed by atoms with van der Waals surface area (Å²) < 4.78 is 0. The average molecular weight is 242 g/mol. The summed E-state index contributed by atoms with van der Waals surface area (Å²) in [4.78, 5) is 11.0. The lowest BCUT2D eigenvalue weighted by atomic mass is 10.0. The van der Waals surface area contributed by atoms with E-state index >= 15 is 0 Å². The van der Waals surface area contributed by atoms with Crippen LogP contribution < -0.4 is 11.5 Å². The summed E-state index contributed by atoms with van der Waals surface area (Å²) in [5.41, 5.74) is 14.3. The number of hydrogen-bond donors (Lipinski definition) is 3. The first-order valence-electron chi connectivity index (χ1n) is 5.52. The highest BCUT2D eigenvalue weighted by Crippen LogP contribution is 2.18. The summed E-state index contributed by atoms with van der Waals surface area (Å²) in [5.74, 6) is -1.01. The Morgan fingerprint density at radius 1 is 1.06 bits per heavy atom. The molecule has 0 heterocycles. The molecule has 0 aromatic heterocycles. The molecule has 0 bridgehead atoms. The molecular formula is C14H14N2O2. The number of benzene rings is 2. The first-order valence-corrected chi connectivity index (χ1v) is 5.52. The third kappa shape index (κ3) is 2.60. The number of anilines is 2. The molecule has 0 saturated carbocycles. The van der Waals surface area contributed by atoms with Gasteiger partial charge in [0.25, 0.3) is 0 Å². The van der Waals surface area contributed by atoms with Gasteiger partial charge in [-0.2, -0.15) is 0 Å². The summed E-state index contributed by atoms with van der Waals surface area (Å²) >= 11 is 0. The normalized spacial score (nSPS) is 10.2. The van der Waals surface area contributed by atoms with Crippen LogP contribution in [0.25, 0.3) is 0 Å². The SMILES string of the molecule is Nc1cccc(Cc2ccc(N)c(C(=O)O)c2)c1. The van der Waals surface area contributed by atoms with Gasteiger partial charge in [-0.15, -0.1) is 0 Å². The fourth-order valence-corrected chi connectivity index (χ4v) is 1.84. The molecule has 0 saturated heterocycles. The molecule has 92 valence electrons. The van der Waals surface area contributed by atoms with E-state index in [-0.39, 0.29) is 11.3 Å². The zero-order valence-corrected chi connectivity index (χ0v) is 9.76. The maximum Gasteiger partial charge on any atom is 0.337 e. The predicted molar refractivity (Wildman–Crippen MR) is 71.5 cm³/mol. The highest BCUT2D eigenvalue weighted by molar-refractivity contribution is 5.93. The van der Waals surface area contributed by atoms with E-state index < -0.39 is 5.97 Å². The van der Waals surface area contributed by atoms with E-state index in [1.807, 2.05) is 30.3 Å². The quantitative estimate of drug-likeness (QED) is 0.719. The van der Waals surface area contributed by atoms with Gasteiger partial charge in [0.05, 0.1) is 5.56 Å². The summed E-state index contributed by atoms with van der Waals surface area (Å²) in [6, 6.07) is 12.6. The fourth-order valence-electron chi connectivity index (χ4n) is 1.84. The highest BCUT2D eigenvalue weighted by Gasteiger charge is 2.08. The zero-order chi connectivity index (χ0) is 13.1. The predicted octanol–water partition coefficient (Wildman–Crippen LogP) is 2.14. The van der Waals surface area contributed by atoms with Crippen LogP contribution in [0.15, 0.2) is 42.5 Å². The van der Waals surface area contributed by atoms with Gasteiger partial charge in [-0.25, -0.2) is 4.79 Å². The lowest BCUT2D eigenvalue weighted by Crippen LogP contribution is -2.03. The molecular weight excluding hydrogens is 228 g/mol. The van der Waals surface area contributed by atoms with Crippen LogP contribution in [0.2, 0.25) is 0 Å². The molecule has 0 unspecified atom stereocenters. The number of carbonyl (C=O) groups is 1. The third-order valence-corrected chi connectivity index (χ3v) is 2.71. The minimum absolute atomic E-state index is 0.136. The monoisotopic (exact) mass is 242 g/mol. The molecule has 0 fully saturated rings. The average Bonchev–Trinajstić information content (AvgIpc) is 2.31. The number of nitrogens with two attached hydrogens (primary N) is 2.